The molecule has 2 aromatic carbocycles. The predicted molar refractivity (Wildman–Crippen MR) is 120 cm³/mol. The fraction of sp³-hybridized carbons (Fsp3) is 0.304. The van der Waals surface area contributed by atoms with Crippen molar-refractivity contribution < 1.29 is 14.3 Å². The number of benzene rings is 2. The molecule has 0 N–H and O–H groups in total. The number of rotatable bonds is 6. The van der Waals surface area contributed by atoms with Crippen LogP contribution >= 0.6 is 23.4 Å². The van der Waals surface area contributed by atoms with Gasteiger partial charge in [-0.2, -0.15) is 0 Å². The highest BCUT2D eigenvalue weighted by molar-refractivity contribution is 8.13. The van der Waals surface area contributed by atoms with E-state index in [4.69, 9.17) is 16.3 Å². The highest BCUT2D eigenvalue weighted by Crippen LogP contribution is 2.31. The molecule has 0 spiro atoms. The number of halogens is 1. The van der Waals surface area contributed by atoms with Gasteiger partial charge in [-0.1, -0.05) is 37.2 Å². The molecule has 0 aliphatic rings. The third kappa shape index (κ3) is 4.68. The summed E-state index contributed by atoms with van der Waals surface area (Å²) in [6.45, 7) is 6.07. The minimum Gasteiger partial charge on any atom is -0.497 e. The molecule has 0 bridgehead atoms. The molecule has 3 aromatic rings. The van der Waals surface area contributed by atoms with E-state index in [0.717, 1.165) is 27.9 Å². The van der Waals surface area contributed by atoms with Crippen LogP contribution in [0, 0.1) is 12.8 Å². The van der Waals surface area contributed by atoms with Crippen LogP contribution in [0.15, 0.2) is 42.5 Å². The molecule has 0 radical (unpaired) electrons. The van der Waals surface area contributed by atoms with Crippen molar-refractivity contribution >= 4 is 45.3 Å². The van der Waals surface area contributed by atoms with Gasteiger partial charge in [0.1, 0.15) is 5.75 Å². The molecule has 0 fully saturated rings. The van der Waals surface area contributed by atoms with Crippen molar-refractivity contribution in [3.63, 3.8) is 0 Å². The Morgan fingerprint density at radius 3 is 2.45 bits per heavy atom. The predicted octanol–water partition coefficient (Wildman–Crippen LogP) is 5.76. The van der Waals surface area contributed by atoms with Crippen molar-refractivity contribution in [2.75, 3.05) is 12.9 Å². The number of methoxy groups -OCH3 is 1. The topological polar surface area (TPSA) is 48.3 Å². The van der Waals surface area contributed by atoms with Crippen molar-refractivity contribution in [2.24, 2.45) is 5.92 Å². The van der Waals surface area contributed by atoms with E-state index in [2.05, 4.69) is 13.8 Å². The molecular formula is C23H24ClNO3S. The third-order valence-corrected chi connectivity index (χ3v) is 6.29. The highest BCUT2D eigenvalue weighted by Gasteiger charge is 2.22. The van der Waals surface area contributed by atoms with Gasteiger partial charge in [-0.3, -0.25) is 14.2 Å². The third-order valence-electron chi connectivity index (χ3n) is 4.73. The summed E-state index contributed by atoms with van der Waals surface area (Å²) in [4.78, 5) is 25.8. The molecule has 1 aromatic heterocycles. The summed E-state index contributed by atoms with van der Waals surface area (Å²) in [5.41, 5.74) is 2.94. The van der Waals surface area contributed by atoms with E-state index in [-0.39, 0.29) is 17.4 Å². The quantitative estimate of drug-likeness (QED) is 0.500. The Labute approximate surface area is 180 Å². The molecule has 4 nitrogen and oxygen atoms in total. The fourth-order valence-electron chi connectivity index (χ4n) is 3.25. The van der Waals surface area contributed by atoms with Crippen LogP contribution in [0.1, 0.15) is 35.5 Å². The first-order valence-electron chi connectivity index (χ1n) is 9.45. The van der Waals surface area contributed by atoms with Crippen LogP contribution in [0.4, 0.5) is 0 Å². The van der Waals surface area contributed by atoms with Crippen LogP contribution in [-0.4, -0.2) is 28.5 Å². The maximum atomic E-state index is 13.3. The molecule has 0 amide bonds. The summed E-state index contributed by atoms with van der Waals surface area (Å²) in [7, 11) is 1.60. The molecular weight excluding hydrogens is 406 g/mol. The van der Waals surface area contributed by atoms with Crippen molar-refractivity contribution in [1.82, 2.24) is 4.57 Å². The number of aromatic nitrogens is 1. The molecule has 3 rings (SSSR count). The molecule has 0 atom stereocenters. The normalized spacial score (nSPS) is 11.2. The van der Waals surface area contributed by atoms with Crippen molar-refractivity contribution in [2.45, 2.75) is 27.2 Å². The van der Waals surface area contributed by atoms with E-state index in [1.807, 2.05) is 25.1 Å². The number of nitrogens with zero attached hydrogens (tertiary/aromatic N) is 1. The van der Waals surface area contributed by atoms with Gasteiger partial charge in [0.15, 0.2) is 5.12 Å². The second kappa shape index (κ2) is 9.06. The second-order valence-corrected chi connectivity index (χ2v) is 8.86. The second-order valence-electron chi connectivity index (χ2n) is 7.35. The molecule has 29 heavy (non-hydrogen) atoms. The number of carbonyl (C=O) groups excluding carboxylic acids is 2. The first-order chi connectivity index (χ1) is 13.8. The Balaban J connectivity index is 2.08. The summed E-state index contributed by atoms with van der Waals surface area (Å²) in [6, 6.07) is 12.4. The smallest absolute Gasteiger partial charge is 0.262 e. The number of hydrogen-bond donors (Lipinski definition) is 0. The van der Waals surface area contributed by atoms with Crippen molar-refractivity contribution in [3.05, 3.63) is 64.3 Å². The Kier molecular flexibility index (Phi) is 6.70. The first-order valence-corrected chi connectivity index (χ1v) is 10.8. The largest absolute Gasteiger partial charge is 0.497 e. The maximum Gasteiger partial charge on any atom is 0.262 e. The zero-order valence-corrected chi connectivity index (χ0v) is 18.6. The lowest BCUT2D eigenvalue weighted by molar-refractivity contribution is -0.110. The fourth-order valence-corrected chi connectivity index (χ4v) is 4.14. The molecule has 1 heterocycles. The van der Waals surface area contributed by atoms with Crippen LogP contribution in [0.3, 0.4) is 0 Å². The lowest BCUT2D eigenvalue weighted by Crippen LogP contribution is -2.14. The average Bonchev–Trinajstić information content (AvgIpc) is 2.97. The van der Waals surface area contributed by atoms with Crippen molar-refractivity contribution in [3.8, 4) is 5.75 Å². The van der Waals surface area contributed by atoms with Gasteiger partial charge in [-0.05, 0) is 60.9 Å². The summed E-state index contributed by atoms with van der Waals surface area (Å²) < 4.78 is 7.04. The lowest BCUT2D eigenvalue weighted by Gasteiger charge is -2.08. The van der Waals surface area contributed by atoms with Gasteiger partial charge < -0.3 is 4.74 Å². The van der Waals surface area contributed by atoms with E-state index in [1.165, 1.54) is 11.8 Å². The molecule has 0 saturated heterocycles. The Hall–Kier alpha value is -2.24. The van der Waals surface area contributed by atoms with Gasteiger partial charge >= 0.3 is 0 Å². The van der Waals surface area contributed by atoms with Crippen LogP contribution in [0.5, 0.6) is 5.75 Å². The summed E-state index contributed by atoms with van der Waals surface area (Å²) in [6.07, 6.45) is 0.272. The van der Waals surface area contributed by atoms with Gasteiger partial charge in [0.25, 0.3) is 5.91 Å². The Morgan fingerprint density at radius 2 is 1.83 bits per heavy atom. The highest BCUT2D eigenvalue weighted by atomic mass is 35.5. The molecule has 6 heteroatoms. The Bertz CT molecular complexity index is 1050. The average molecular weight is 430 g/mol. The lowest BCUT2D eigenvalue weighted by atomic mass is 10.1. The van der Waals surface area contributed by atoms with Crippen LogP contribution in [-0.2, 0) is 11.2 Å². The van der Waals surface area contributed by atoms with Gasteiger partial charge in [0.05, 0.1) is 12.6 Å². The molecule has 152 valence electrons. The summed E-state index contributed by atoms with van der Waals surface area (Å²) in [5.74, 6) is 1.77. The van der Waals surface area contributed by atoms with Gasteiger partial charge in [0.2, 0.25) is 0 Å². The number of thioether (sulfide) groups is 1. The molecule has 0 saturated carbocycles. The van der Waals surface area contributed by atoms with E-state index < -0.39 is 0 Å². The van der Waals surface area contributed by atoms with Crippen LogP contribution in [0.25, 0.3) is 10.9 Å². The minimum absolute atomic E-state index is 0.0996. The number of ether oxygens (including phenoxy) is 1. The first kappa shape index (κ1) is 21.5. The van der Waals surface area contributed by atoms with E-state index >= 15 is 0 Å². The summed E-state index contributed by atoms with van der Waals surface area (Å²) in [5, 5.41) is 1.54. The van der Waals surface area contributed by atoms with Gasteiger partial charge in [-0.15, -0.1) is 0 Å². The van der Waals surface area contributed by atoms with Crippen LogP contribution < -0.4 is 4.74 Å². The monoisotopic (exact) mass is 429 g/mol. The van der Waals surface area contributed by atoms with Crippen molar-refractivity contribution in [1.29, 1.82) is 0 Å². The number of hydrogen-bond acceptors (Lipinski definition) is 4. The van der Waals surface area contributed by atoms with E-state index in [1.54, 1.807) is 35.9 Å². The SMILES string of the molecule is COc1ccc2c(c1)c(CC(=O)SCC(C)C)c(C)n2C(=O)c1ccc(Cl)cc1. The van der Waals surface area contributed by atoms with E-state index in [9.17, 15) is 9.59 Å². The Morgan fingerprint density at radius 1 is 1.14 bits per heavy atom. The zero-order chi connectivity index (χ0) is 21.1. The van der Waals surface area contributed by atoms with Gasteiger partial charge in [0, 0.05) is 33.8 Å². The zero-order valence-electron chi connectivity index (χ0n) is 17.0. The number of carbonyl (C=O) groups is 2. The minimum atomic E-state index is -0.150. The molecule has 0 aliphatic heterocycles. The summed E-state index contributed by atoms with van der Waals surface area (Å²) >= 11 is 7.31. The van der Waals surface area contributed by atoms with E-state index in [0.29, 0.717) is 22.3 Å². The van der Waals surface area contributed by atoms with Crippen LogP contribution in [0.2, 0.25) is 5.02 Å². The number of fused-ring (bicyclic) bond motifs is 1. The standard InChI is InChI=1S/C23H24ClNO3S/c1-14(2)13-29-22(26)12-19-15(3)25(21-10-9-18(28-4)11-20(19)21)23(27)16-5-7-17(24)8-6-16/h5-11,14H,12-13H2,1-4H3. The molecule has 0 unspecified atom stereocenters. The molecule has 0 aliphatic carbocycles. The maximum absolute atomic E-state index is 13.3. The van der Waals surface area contributed by atoms with Gasteiger partial charge in [-0.25, -0.2) is 0 Å².